The van der Waals surface area contributed by atoms with E-state index < -0.39 is 227 Å². The smallest absolute Gasteiger partial charge is 0.371 e. The third-order valence-corrected chi connectivity index (χ3v) is 17.1. The summed E-state index contributed by atoms with van der Waals surface area (Å²) in [6.07, 6.45) is -65.1. The quantitative estimate of drug-likeness (QED) is 0.0484. The first-order chi connectivity index (χ1) is 40.9. The van der Waals surface area contributed by atoms with Gasteiger partial charge in [0.25, 0.3) is 0 Å². The van der Waals surface area contributed by atoms with Crippen LogP contribution in [0.5, 0.6) is 0 Å². The number of alkyl halides is 52. The van der Waals surface area contributed by atoms with Gasteiger partial charge in [0, 0.05) is 24.7 Å². The third-order valence-electron chi connectivity index (χ3n) is 14.1. The van der Waals surface area contributed by atoms with E-state index in [0.717, 1.165) is 0 Å². The van der Waals surface area contributed by atoms with Crippen molar-refractivity contribution in [3.63, 3.8) is 0 Å². The van der Waals surface area contributed by atoms with Crippen LogP contribution in [0.2, 0.25) is 6.04 Å². The second-order valence-electron chi connectivity index (χ2n) is 20.0. The minimum atomic E-state index is -11.8. The highest BCUT2D eigenvalue weighted by Crippen LogP contribution is 2.79. The molecule has 3 nitrogen and oxygen atoms in total. The summed E-state index contributed by atoms with van der Waals surface area (Å²) in [5.74, 6) is -211. The molecular formula is C40H32F52O3Si. The zero-order valence-corrected chi connectivity index (χ0v) is 46.8. The van der Waals surface area contributed by atoms with Crippen LogP contribution in [0, 0.1) is 5.41 Å². The van der Waals surface area contributed by atoms with Gasteiger partial charge in [-0.2, -0.15) is 228 Å². The molecule has 3 unspecified atom stereocenters. The lowest BCUT2D eigenvalue weighted by Gasteiger charge is -2.63. The predicted molar refractivity (Wildman–Crippen MR) is 207 cm³/mol. The van der Waals surface area contributed by atoms with Crippen LogP contribution in [-0.4, -0.2) is 170 Å². The molecule has 578 valence electrons. The molecule has 0 aromatic rings. The van der Waals surface area contributed by atoms with Gasteiger partial charge in [-0.25, -0.2) is 0 Å². The van der Waals surface area contributed by atoms with Gasteiger partial charge in [0.15, 0.2) is 0 Å². The van der Waals surface area contributed by atoms with Gasteiger partial charge in [-0.15, -0.1) is 0 Å². The lowest BCUT2D eigenvalue weighted by molar-refractivity contribution is -0.508. The Balaban J connectivity index is 12.5. The highest BCUT2D eigenvalue weighted by atomic mass is 28.4. The topological polar surface area (TPSA) is 27.7 Å². The van der Waals surface area contributed by atoms with Crippen LogP contribution in [0.1, 0.15) is 73.6 Å². The summed E-state index contributed by atoms with van der Waals surface area (Å²) in [5.41, 5.74) is -21.4. The molecule has 0 saturated heterocycles. The molecule has 0 aliphatic heterocycles. The van der Waals surface area contributed by atoms with Gasteiger partial charge in [0.2, 0.25) is 0 Å². The van der Waals surface area contributed by atoms with Gasteiger partial charge in [-0.3, -0.25) is 0 Å². The van der Waals surface area contributed by atoms with Crippen molar-refractivity contribution in [2.24, 2.45) is 5.41 Å². The van der Waals surface area contributed by atoms with Crippen molar-refractivity contribution in [2.45, 2.75) is 241 Å². The van der Waals surface area contributed by atoms with Crippen molar-refractivity contribution in [3.8, 4) is 0 Å². The Morgan fingerprint density at radius 2 is 0.427 bits per heavy atom. The van der Waals surface area contributed by atoms with Crippen LogP contribution in [0.3, 0.4) is 0 Å². The Labute approximate surface area is 497 Å². The molecule has 0 aliphatic carbocycles. The maximum absolute atomic E-state index is 17.9. The minimum absolute atomic E-state index is 0.109. The first-order valence-corrected chi connectivity index (χ1v) is 25.8. The normalized spacial score (nSPS) is 18.6. The van der Waals surface area contributed by atoms with Crippen LogP contribution in [0.4, 0.5) is 228 Å². The standard InChI is InChI=1S/C40H32F52O3Si/c1-7-13(5)93-96(10-4,94-14(6)8-2)95-16(9-3,20(47,48)24(55,56)28(63,64)32(71,72)36(79,80)40(90,91)92)15(18(43,44)22(51,52)26(59,60)30(67,68)34(75,76)38(84,85)86,19(45,46)23(53,54)27(61,62)31(69,70)35(77,78)39(87,88)89)11-12-17(41,42)21(49,50)25(57,58)29(65,66)33(73,74)37(81,82)83/h13-14H,7-12H2,1-6H3. The summed E-state index contributed by atoms with van der Waals surface area (Å²) in [6, 6.07) is -2.98. The molecule has 3 atom stereocenters. The second-order valence-corrected chi connectivity index (χ2v) is 22.8. The number of rotatable bonds is 33. The van der Waals surface area contributed by atoms with Gasteiger partial charge < -0.3 is 13.3 Å². The van der Waals surface area contributed by atoms with E-state index in [-0.39, 0.29) is 27.7 Å². The highest BCUT2D eigenvalue weighted by molar-refractivity contribution is 6.60. The molecule has 56 heteroatoms. The van der Waals surface area contributed by atoms with E-state index in [1.165, 1.54) is 0 Å². The lowest BCUT2D eigenvalue weighted by atomic mass is 9.52. The van der Waals surface area contributed by atoms with E-state index in [2.05, 4.69) is 13.3 Å². The Kier molecular flexibility index (Phi) is 24.0. The lowest BCUT2D eigenvalue weighted by Crippen LogP contribution is -2.87. The van der Waals surface area contributed by atoms with Crippen LogP contribution >= 0.6 is 0 Å². The Morgan fingerprint density at radius 1 is 0.240 bits per heavy atom. The van der Waals surface area contributed by atoms with Crippen LogP contribution in [-0.2, 0) is 13.3 Å². The van der Waals surface area contributed by atoms with Crippen LogP contribution in [0.15, 0.2) is 0 Å². The zero-order chi connectivity index (χ0) is 79.0. The largest absolute Gasteiger partial charge is 0.501 e. The summed E-state index contributed by atoms with van der Waals surface area (Å²) in [7, 11) is -8.50. The molecular weight excluding hydrogens is 1540 g/mol. The number of hydrogen-bond acceptors (Lipinski definition) is 3. The van der Waals surface area contributed by atoms with Crippen molar-refractivity contribution >= 4 is 8.80 Å². The van der Waals surface area contributed by atoms with Gasteiger partial charge >= 0.3 is 152 Å². The SMILES string of the molecule is CCC(C)O[Si](CC)(OC(C)CC)OC(CC)(C(F)(F)C(F)(F)C(F)(F)C(F)(F)C(F)(F)C(F)(F)F)C(CCC(F)(F)C(F)(F)C(F)(F)C(F)(F)C(F)(F)C(F)(F)F)(C(F)(F)C(F)(F)C(F)(F)C(F)(F)C(F)(F)C(F)(F)F)C(F)(F)C(F)(F)C(F)(F)C(F)(F)C(F)(F)C(F)(F)F. The number of halogens is 52. The van der Waals surface area contributed by atoms with Crippen molar-refractivity contribution in [1.82, 2.24) is 0 Å². The summed E-state index contributed by atoms with van der Waals surface area (Å²) >= 11 is 0. The van der Waals surface area contributed by atoms with Gasteiger partial charge in [-0.1, -0.05) is 27.7 Å². The molecule has 0 aliphatic rings. The van der Waals surface area contributed by atoms with Gasteiger partial charge in [0.05, 0.1) is 0 Å². The number of hydrogen-bond donors (Lipinski definition) is 0. The summed E-state index contributed by atoms with van der Waals surface area (Å²) in [4.78, 5) is 0. The molecule has 96 heavy (non-hydrogen) atoms. The molecule has 0 radical (unpaired) electrons. The predicted octanol–water partition coefficient (Wildman–Crippen LogP) is 21.5. The monoisotopic (exact) mass is 1580 g/mol. The van der Waals surface area contributed by atoms with Crippen molar-refractivity contribution in [3.05, 3.63) is 0 Å². The van der Waals surface area contributed by atoms with Crippen molar-refractivity contribution in [2.75, 3.05) is 0 Å². The highest BCUT2D eigenvalue weighted by Gasteiger charge is 3.05. The first kappa shape index (κ1) is 92.5. The molecule has 0 aromatic carbocycles. The maximum atomic E-state index is 17.9. The summed E-state index contributed by atoms with van der Waals surface area (Å²) in [5, 5.41) is 0. The van der Waals surface area contributed by atoms with Gasteiger partial charge in [-0.05, 0) is 39.5 Å². The van der Waals surface area contributed by atoms with E-state index in [1.807, 2.05) is 0 Å². The molecule has 0 spiro atoms. The van der Waals surface area contributed by atoms with E-state index in [1.54, 1.807) is 0 Å². The minimum Gasteiger partial charge on any atom is -0.371 e. The summed E-state index contributed by atoms with van der Waals surface area (Å²) in [6.45, 7) is -2.31. The van der Waals surface area contributed by atoms with Crippen molar-refractivity contribution in [1.29, 1.82) is 0 Å². The molecule has 0 heterocycles. The van der Waals surface area contributed by atoms with Crippen LogP contribution in [0.25, 0.3) is 0 Å². The van der Waals surface area contributed by atoms with Crippen molar-refractivity contribution < 1.29 is 242 Å². The Morgan fingerprint density at radius 3 is 0.615 bits per heavy atom. The average Bonchev–Trinajstić information content (AvgIpc) is 0.646. The zero-order valence-electron chi connectivity index (χ0n) is 45.8. The van der Waals surface area contributed by atoms with Gasteiger partial charge in [0.1, 0.15) is 11.0 Å². The first-order valence-electron chi connectivity index (χ1n) is 23.8. The Hall–Kier alpha value is -3.54. The molecule has 0 amide bonds. The van der Waals surface area contributed by atoms with E-state index in [9.17, 15) is 132 Å². The van der Waals surface area contributed by atoms with E-state index in [0.29, 0.717) is 0 Å². The molecule has 0 fully saturated rings. The summed E-state index contributed by atoms with van der Waals surface area (Å²) < 4.78 is 795. The fourth-order valence-corrected chi connectivity index (χ4v) is 11.2. The van der Waals surface area contributed by atoms with E-state index in [4.69, 9.17) is 0 Å². The fourth-order valence-electron chi connectivity index (χ4n) is 8.00. The van der Waals surface area contributed by atoms with E-state index >= 15 is 96.6 Å². The second kappa shape index (κ2) is 24.9. The molecule has 0 saturated carbocycles. The molecule has 0 bridgehead atoms. The van der Waals surface area contributed by atoms with Crippen LogP contribution < -0.4 is 0 Å². The fraction of sp³-hybridized carbons (Fsp3) is 1.00. The molecule has 0 aromatic heterocycles. The third kappa shape index (κ3) is 12.0. The molecule has 0 rings (SSSR count). The Bertz CT molecular complexity index is 2550. The average molecular weight is 1580 g/mol. The molecule has 0 N–H and O–H groups in total. The maximum Gasteiger partial charge on any atom is 0.501 e.